The van der Waals surface area contributed by atoms with Gasteiger partial charge in [-0.1, -0.05) is 13.3 Å². The Morgan fingerprint density at radius 1 is 1.24 bits per heavy atom. The topological polar surface area (TPSA) is 41.4 Å². The van der Waals surface area contributed by atoms with Crippen molar-refractivity contribution in [2.75, 3.05) is 26.2 Å². The molecule has 5 heteroatoms. The van der Waals surface area contributed by atoms with Crippen LogP contribution in [0, 0.1) is 0 Å². The van der Waals surface area contributed by atoms with E-state index in [2.05, 4.69) is 46.3 Å². The molecule has 0 radical (unpaired) electrons. The summed E-state index contributed by atoms with van der Waals surface area (Å²) in [5, 5.41) is 0. The van der Waals surface area contributed by atoms with Crippen molar-refractivity contribution in [1.82, 2.24) is 19.4 Å². The number of piperidine rings is 1. The van der Waals surface area contributed by atoms with Crippen LogP contribution >= 0.6 is 0 Å². The largest absolute Gasteiger partial charge is 0.340 e. The predicted octanol–water partition coefficient (Wildman–Crippen LogP) is 3.26. The quantitative estimate of drug-likeness (QED) is 0.794. The van der Waals surface area contributed by atoms with Gasteiger partial charge in [-0.25, -0.2) is 4.98 Å². The number of likely N-dealkylation sites (tertiary alicyclic amines) is 2. The van der Waals surface area contributed by atoms with Crippen molar-refractivity contribution in [3.63, 3.8) is 0 Å². The second kappa shape index (κ2) is 7.90. The van der Waals surface area contributed by atoms with Crippen LogP contribution in [-0.4, -0.2) is 57.0 Å². The van der Waals surface area contributed by atoms with E-state index < -0.39 is 0 Å². The molecule has 1 atom stereocenters. The summed E-state index contributed by atoms with van der Waals surface area (Å²) in [7, 11) is 0. The lowest BCUT2D eigenvalue weighted by Gasteiger charge is -2.41. The highest BCUT2D eigenvalue weighted by Crippen LogP contribution is 2.30. The summed E-state index contributed by atoms with van der Waals surface area (Å²) in [6.07, 6.45) is 11.0. The minimum atomic E-state index is -0.379. The molecule has 2 aliphatic heterocycles. The standard InChI is InChI=1S/C20H34N4O/c1-4-5-11-22-15-10-21-18(22)17-9-8-12-23(16-17)19(25)20(2,3)24-13-6-7-14-24/h10,15,17H,4-9,11-14,16H2,1-3H3. The number of nitrogens with zero attached hydrogens (tertiary/aromatic N) is 4. The SMILES string of the molecule is CCCCn1ccnc1C1CCCN(C(=O)C(C)(C)N2CCCC2)C1. The van der Waals surface area contributed by atoms with Crippen LogP contribution < -0.4 is 0 Å². The first kappa shape index (κ1) is 18.4. The van der Waals surface area contributed by atoms with E-state index in [9.17, 15) is 4.79 Å². The van der Waals surface area contributed by atoms with E-state index >= 15 is 0 Å². The molecule has 25 heavy (non-hydrogen) atoms. The summed E-state index contributed by atoms with van der Waals surface area (Å²) in [6.45, 7) is 11.3. The number of carbonyl (C=O) groups is 1. The lowest BCUT2D eigenvalue weighted by molar-refractivity contribution is -0.143. The van der Waals surface area contributed by atoms with Crippen molar-refractivity contribution in [3.8, 4) is 0 Å². The maximum atomic E-state index is 13.2. The summed E-state index contributed by atoms with van der Waals surface area (Å²) < 4.78 is 2.30. The van der Waals surface area contributed by atoms with E-state index in [1.54, 1.807) is 0 Å². The lowest BCUT2D eigenvalue weighted by atomic mass is 9.93. The average molecular weight is 347 g/mol. The Morgan fingerprint density at radius 2 is 2.00 bits per heavy atom. The van der Waals surface area contributed by atoms with Crippen LogP contribution in [0.2, 0.25) is 0 Å². The molecule has 0 saturated carbocycles. The zero-order valence-electron chi connectivity index (χ0n) is 16.2. The third kappa shape index (κ3) is 3.91. The molecule has 5 nitrogen and oxygen atoms in total. The molecule has 0 bridgehead atoms. The van der Waals surface area contributed by atoms with Crippen molar-refractivity contribution < 1.29 is 4.79 Å². The van der Waals surface area contributed by atoms with E-state index in [-0.39, 0.29) is 5.54 Å². The second-order valence-corrected chi connectivity index (χ2v) is 8.18. The maximum absolute atomic E-state index is 13.2. The number of hydrogen-bond acceptors (Lipinski definition) is 3. The summed E-state index contributed by atoms with van der Waals surface area (Å²) in [6, 6.07) is 0. The summed E-state index contributed by atoms with van der Waals surface area (Å²) in [5.74, 6) is 1.84. The minimum absolute atomic E-state index is 0.297. The molecule has 1 aromatic heterocycles. The number of carbonyl (C=O) groups excluding carboxylic acids is 1. The molecule has 1 amide bonds. The van der Waals surface area contributed by atoms with Crippen LogP contribution in [0.5, 0.6) is 0 Å². The smallest absolute Gasteiger partial charge is 0.242 e. The van der Waals surface area contributed by atoms with Crippen molar-refractivity contribution in [3.05, 3.63) is 18.2 Å². The first-order chi connectivity index (χ1) is 12.0. The van der Waals surface area contributed by atoms with Crippen LogP contribution in [-0.2, 0) is 11.3 Å². The number of unbranched alkanes of at least 4 members (excludes halogenated alkanes) is 1. The number of amides is 1. The monoisotopic (exact) mass is 346 g/mol. The van der Waals surface area contributed by atoms with Gasteiger partial charge in [0, 0.05) is 37.9 Å². The number of rotatable bonds is 6. The summed E-state index contributed by atoms with van der Waals surface area (Å²) >= 11 is 0. The Labute approximate surface area is 152 Å². The zero-order chi connectivity index (χ0) is 17.9. The van der Waals surface area contributed by atoms with E-state index in [0.717, 1.165) is 45.6 Å². The first-order valence-corrected chi connectivity index (χ1v) is 10.1. The second-order valence-electron chi connectivity index (χ2n) is 8.18. The van der Waals surface area contributed by atoms with E-state index in [1.165, 1.54) is 31.5 Å². The number of aryl methyl sites for hydroxylation is 1. The van der Waals surface area contributed by atoms with Gasteiger partial charge in [-0.2, -0.15) is 0 Å². The van der Waals surface area contributed by atoms with E-state index in [4.69, 9.17) is 0 Å². The minimum Gasteiger partial charge on any atom is -0.340 e. The number of hydrogen-bond donors (Lipinski definition) is 0. The Kier molecular flexibility index (Phi) is 5.82. The van der Waals surface area contributed by atoms with Crippen molar-refractivity contribution >= 4 is 5.91 Å². The van der Waals surface area contributed by atoms with E-state index in [1.807, 2.05) is 6.20 Å². The third-order valence-electron chi connectivity index (χ3n) is 5.99. The van der Waals surface area contributed by atoms with Crippen LogP contribution in [0.25, 0.3) is 0 Å². The number of aromatic nitrogens is 2. The Bertz CT molecular complexity index is 574. The van der Waals surface area contributed by atoms with Gasteiger partial charge in [-0.05, 0) is 59.0 Å². The summed E-state index contributed by atoms with van der Waals surface area (Å²) in [4.78, 5) is 22.3. The van der Waals surface area contributed by atoms with Gasteiger partial charge in [0.15, 0.2) is 0 Å². The van der Waals surface area contributed by atoms with E-state index in [0.29, 0.717) is 11.8 Å². The van der Waals surface area contributed by atoms with Crippen molar-refractivity contribution in [1.29, 1.82) is 0 Å². The van der Waals surface area contributed by atoms with Crippen molar-refractivity contribution in [2.24, 2.45) is 0 Å². The lowest BCUT2D eigenvalue weighted by Crippen LogP contribution is -2.56. The molecule has 3 heterocycles. The fourth-order valence-corrected chi connectivity index (χ4v) is 4.37. The highest BCUT2D eigenvalue weighted by atomic mass is 16.2. The van der Waals surface area contributed by atoms with Gasteiger partial charge in [0.25, 0.3) is 0 Å². The molecule has 2 fully saturated rings. The predicted molar refractivity (Wildman–Crippen MR) is 101 cm³/mol. The van der Waals surface area contributed by atoms with Crippen LogP contribution in [0.4, 0.5) is 0 Å². The Morgan fingerprint density at radius 3 is 2.72 bits per heavy atom. The zero-order valence-corrected chi connectivity index (χ0v) is 16.2. The molecule has 1 aromatic rings. The van der Waals surface area contributed by atoms with Gasteiger partial charge in [0.2, 0.25) is 5.91 Å². The summed E-state index contributed by atoms with van der Waals surface area (Å²) in [5.41, 5.74) is -0.379. The molecule has 3 rings (SSSR count). The van der Waals surface area contributed by atoms with Gasteiger partial charge >= 0.3 is 0 Å². The molecule has 1 unspecified atom stereocenters. The van der Waals surface area contributed by atoms with Crippen LogP contribution in [0.15, 0.2) is 12.4 Å². The molecular formula is C20H34N4O. The normalized spacial score (nSPS) is 22.5. The molecule has 2 aliphatic rings. The highest BCUT2D eigenvalue weighted by Gasteiger charge is 2.40. The van der Waals surface area contributed by atoms with Gasteiger partial charge in [-0.3, -0.25) is 9.69 Å². The van der Waals surface area contributed by atoms with Gasteiger partial charge in [-0.15, -0.1) is 0 Å². The molecule has 0 aromatic carbocycles. The van der Waals surface area contributed by atoms with Crippen LogP contribution in [0.1, 0.15) is 71.0 Å². The highest BCUT2D eigenvalue weighted by molar-refractivity contribution is 5.85. The molecule has 140 valence electrons. The maximum Gasteiger partial charge on any atom is 0.242 e. The number of imidazole rings is 1. The molecule has 0 spiro atoms. The average Bonchev–Trinajstić information content (AvgIpc) is 3.31. The van der Waals surface area contributed by atoms with Crippen molar-refractivity contribution in [2.45, 2.75) is 77.3 Å². The van der Waals surface area contributed by atoms with Gasteiger partial charge < -0.3 is 9.47 Å². The van der Waals surface area contributed by atoms with Gasteiger partial charge in [0.05, 0.1) is 5.54 Å². The molecule has 2 saturated heterocycles. The first-order valence-electron chi connectivity index (χ1n) is 10.1. The Hall–Kier alpha value is -1.36. The Balaban J connectivity index is 1.68. The molecule has 0 N–H and O–H groups in total. The van der Waals surface area contributed by atoms with Crippen LogP contribution in [0.3, 0.4) is 0 Å². The fraction of sp³-hybridized carbons (Fsp3) is 0.800. The molecular weight excluding hydrogens is 312 g/mol. The molecule has 0 aliphatic carbocycles. The fourth-order valence-electron chi connectivity index (χ4n) is 4.37. The van der Waals surface area contributed by atoms with Gasteiger partial charge in [0.1, 0.15) is 5.82 Å². The third-order valence-corrected chi connectivity index (χ3v) is 5.99.